The fourth-order valence-corrected chi connectivity index (χ4v) is 1.95. The Morgan fingerprint density at radius 3 is 2.24 bits per heavy atom. The van der Waals surface area contributed by atoms with Crippen LogP contribution in [0.1, 0.15) is 16.1 Å². The molecule has 3 aromatic rings. The summed E-state index contributed by atoms with van der Waals surface area (Å²) in [7, 11) is 0. The number of halogens is 4. The topological polar surface area (TPSA) is 30.2 Å². The second-order valence-corrected chi connectivity index (χ2v) is 4.38. The maximum absolute atomic E-state index is 13.1. The Kier molecular flexibility index (Phi) is 3.01. The van der Waals surface area contributed by atoms with E-state index in [0.717, 1.165) is 12.1 Å². The first-order valence-electron chi connectivity index (χ1n) is 5.84. The first-order chi connectivity index (χ1) is 9.95. The zero-order chi connectivity index (χ0) is 15.1. The van der Waals surface area contributed by atoms with Crippen LogP contribution in [-0.2, 0) is 0 Å². The van der Waals surface area contributed by atoms with Crippen LogP contribution in [0.15, 0.2) is 40.8 Å². The Morgan fingerprint density at radius 2 is 1.57 bits per heavy atom. The molecular formula is C15H6F4O2. The van der Waals surface area contributed by atoms with E-state index in [9.17, 15) is 22.4 Å². The van der Waals surface area contributed by atoms with Gasteiger partial charge in [-0.3, -0.25) is 4.79 Å². The summed E-state index contributed by atoms with van der Waals surface area (Å²) in [6.45, 7) is 0. The molecule has 0 amide bonds. The lowest BCUT2D eigenvalue weighted by molar-refractivity contribution is 0.101. The smallest absolute Gasteiger partial charge is 0.228 e. The van der Waals surface area contributed by atoms with Crippen molar-refractivity contribution in [2.75, 3.05) is 0 Å². The average Bonchev–Trinajstić information content (AvgIpc) is 2.86. The van der Waals surface area contributed by atoms with Gasteiger partial charge in [0.05, 0.1) is 0 Å². The third kappa shape index (κ3) is 2.29. The molecule has 0 unspecified atom stereocenters. The van der Waals surface area contributed by atoms with Crippen molar-refractivity contribution in [1.29, 1.82) is 0 Å². The molecule has 2 nitrogen and oxygen atoms in total. The van der Waals surface area contributed by atoms with Crippen LogP contribution in [0, 0.1) is 23.3 Å². The maximum atomic E-state index is 13.1. The first-order valence-corrected chi connectivity index (χ1v) is 5.84. The second-order valence-electron chi connectivity index (χ2n) is 4.38. The lowest BCUT2D eigenvalue weighted by Gasteiger charge is -2.00. The lowest BCUT2D eigenvalue weighted by atomic mass is 10.1. The van der Waals surface area contributed by atoms with E-state index >= 15 is 0 Å². The Balaban J connectivity index is 2.08. The van der Waals surface area contributed by atoms with E-state index in [-0.39, 0.29) is 11.3 Å². The fraction of sp³-hybridized carbons (Fsp3) is 0. The van der Waals surface area contributed by atoms with Gasteiger partial charge in [-0.15, -0.1) is 0 Å². The van der Waals surface area contributed by atoms with E-state index in [4.69, 9.17) is 4.42 Å². The molecule has 0 aliphatic carbocycles. The van der Waals surface area contributed by atoms with Crippen LogP contribution in [0.2, 0.25) is 0 Å². The molecule has 0 N–H and O–H groups in total. The normalized spacial score (nSPS) is 11.0. The van der Waals surface area contributed by atoms with Crippen molar-refractivity contribution >= 4 is 16.8 Å². The molecule has 0 fully saturated rings. The van der Waals surface area contributed by atoms with Gasteiger partial charge in [0.25, 0.3) is 0 Å². The van der Waals surface area contributed by atoms with Crippen LogP contribution in [0.5, 0.6) is 0 Å². The molecule has 21 heavy (non-hydrogen) atoms. The Morgan fingerprint density at radius 1 is 0.905 bits per heavy atom. The number of ketones is 1. The van der Waals surface area contributed by atoms with Crippen LogP contribution < -0.4 is 0 Å². The summed E-state index contributed by atoms with van der Waals surface area (Å²) in [6, 6.07) is 6.04. The summed E-state index contributed by atoms with van der Waals surface area (Å²) in [6.07, 6.45) is 0. The number of fused-ring (bicyclic) bond motifs is 1. The van der Waals surface area contributed by atoms with E-state index < -0.39 is 34.6 Å². The molecule has 0 radical (unpaired) electrons. The van der Waals surface area contributed by atoms with Gasteiger partial charge in [-0.1, -0.05) is 0 Å². The van der Waals surface area contributed by atoms with Gasteiger partial charge in [-0.2, -0.15) is 0 Å². The largest absolute Gasteiger partial charge is 0.453 e. The van der Waals surface area contributed by atoms with Crippen LogP contribution in [0.3, 0.4) is 0 Å². The van der Waals surface area contributed by atoms with Crippen molar-refractivity contribution in [2.24, 2.45) is 0 Å². The van der Waals surface area contributed by atoms with Crippen molar-refractivity contribution in [3.8, 4) is 0 Å². The van der Waals surface area contributed by atoms with Crippen LogP contribution in [-0.4, -0.2) is 5.78 Å². The van der Waals surface area contributed by atoms with E-state index in [1.165, 1.54) is 12.1 Å². The highest BCUT2D eigenvalue weighted by molar-refractivity contribution is 6.09. The molecule has 0 saturated heterocycles. The lowest BCUT2D eigenvalue weighted by Crippen LogP contribution is -2.03. The zero-order valence-electron chi connectivity index (χ0n) is 10.3. The minimum Gasteiger partial charge on any atom is -0.453 e. The van der Waals surface area contributed by atoms with Crippen LogP contribution >= 0.6 is 0 Å². The highest BCUT2D eigenvalue weighted by Crippen LogP contribution is 2.23. The number of hydrogen-bond acceptors (Lipinski definition) is 2. The molecule has 0 atom stereocenters. The quantitative estimate of drug-likeness (QED) is 0.402. The molecular weight excluding hydrogens is 288 g/mol. The number of benzene rings is 2. The fourth-order valence-electron chi connectivity index (χ4n) is 1.95. The zero-order valence-corrected chi connectivity index (χ0v) is 10.3. The van der Waals surface area contributed by atoms with Crippen molar-refractivity contribution in [1.82, 2.24) is 0 Å². The van der Waals surface area contributed by atoms with Crippen molar-refractivity contribution < 1.29 is 26.8 Å². The summed E-state index contributed by atoms with van der Waals surface area (Å²) in [5, 5.41) is 0.335. The van der Waals surface area contributed by atoms with Crippen molar-refractivity contribution in [2.45, 2.75) is 0 Å². The van der Waals surface area contributed by atoms with Gasteiger partial charge in [0, 0.05) is 10.9 Å². The number of carbonyl (C=O) groups excluding carboxylic acids is 1. The minimum absolute atomic E-state index is 0.221. The van der Waals surface area contributed by atoms with Gasteiger partial charge in [-0.05, 0) is 36.4 Å². The molecule has 0 spiro atoms. The van der Waals surface area contributed by atoms with Crippen molar-refractivity contribution in [3.05, 3.63) is 71.0 Å². The summed E-state index contributed by atoms with van der Waals surface area (Å²) >= 11 is 0. The molecule has 3 rings (SSSR count). The molecule has 0 saturated carbocycles. The number of carbonyl (C=O) groups is 1. The monoisotopic (exact) mass is 294 g/mol. The summed E-state index contributed by atoms with van der Waals surface area (Å²) < 4.78 is 57.4. The molecule has 0 aliphatic rings. The molecule has 1 aromatic heterocycles. The molecule has 0 aliphatic heterocycles. The standard InChI is InChI=1S/C15H6F4O2/c16-9-1-2-12-7(3-9)6-13(21-12)15(20)8-4-10(17)14(19)11(18)5-8/h1-6H. The average molecular weight is 294 g/mol. The van der Waals surface area contributed by atoms with Gasteiger partial charge >= 0.3 is 0 Å². The minimum atomic E-state index is -1.65. The first kappa shape index (κ1) is 13.4. The molecule has 1 heterocycles. The molecule has 0 bridgehead atoms. The Labute approximate surface area is 115 Å². The molecule has 2 aromatic carbocycles. The third-order valence-corrected chi connectivity index (χ3v) is 2.95. The third-order valence-electron chi connectivity index (χ3n) is 2.95. The molecule has 6 heteroatoms. The van der Waals surface area contributed by atoms with Gasteiger partial charge in [0.2, 0.25) is 5.78 Å². The van der Waals surface area contributed by atoms with E-state index in [0.29, 0.717) is 17.5 Å². The van der Waals surface area contributed by atoms with Crippen LogP contribution in [0.25, 0.3) is 11.0 Å². The van der Waals surface area contributed by atoms with Gasteiger partial charge in [0.1, 0.15) is 11.4 Å². The summed E-state index contributed by atoms with van der Waals surface area (Å²) in [4.78, 5) is 12.1. The predicted molar refractivity (Wildman–Crippen MR) is 65.9 cm³/mol. The summed E-state index contributed by atoms with van der Waals surface area (Å²) in [5.74, 6) is -6.16. The summed E-state index contributed by atoms with van der Waals surface area (Å²) in [5.41, 5.74) is -0.145. The van der Waals surface area contributed by atoms with Gasteiger partial charge in [-0.25, -0.2) is 17.6 Å². The van der Waals surface area contributed by atoms with E-state index in [1.807, 2.05) is 0 Å². The number of rotatable bonds is 2. The van der Waals surface area contributed by atoms with E-state index in [2.05, 4.69) is 0 Å². The van der Waals surface area contributed by atoms with Gasteiger partial charge in [0.15, 0.2) is 23.2 Å². The molecule has 106 valence electrons. The Bertz CT molecular complexity index is 844. The number of furan rings is 1. The van der Waals surface area contributed by atoms with Crippen molar-refractivity contribution in [3.63, 3.8) is 0 Å². The SMILES string of the molecule is O=C(c1cc(F)c(F)c(F)c1)c1cc2cc(F)ccc2o1. The predicted octanol–water partition coefficient (Wildman–Crippen LogP) is 4.22. The highest BCUT2D eigenvalue weighted by atomic mass is 19.2. The number of hydrogen-bond donors (Lipinski definition) is 0. The maximum Gasteiger partial charge on any atom is 0.228 e. The van der Waals surface area contributed by atoms with E-state index in [1.54, 1.807) is 0 Å². The van der Waals surface area contributed by atoms with Crippen LogP contribution in [0.4, 0.5) is 17.6 Å². The Hall–Kier alpha value is -2.63. The second kappa shape index (κ2) is 4.73. The van der Waals surface area contributed by atoms with Gasteiger partial charge < -0.3 is 4.42 Å². The highest BCUT2D eigenvalue weighted by Gasteiger charge is 2.19.